The topological polar surface area (TPSA) is 102 Å². The van der Waals surface area contributed by atoms with Gasteiger partial charge in [0.15, 0.2) is 6.10 Å². The maximum Gasteiger partial charge on any atom is 0.306 e. The number of rotatable bonds is 45. The fourth-order valence-corrected chi connectivity index (χ4v) is 7.23. The van der Waals surface area contributed by atoms with Crippen LogP contribution in [0.2, 0.25) is 0 Å². The zero-order valence-corrected chi connectivity index (χ0v) is 40.8. The Bertz CT molecular complexity index is 1200. The predicted molar refractivity (Wildman–Crippen MR) is 259 cm³/mol. The lowest BCUT2D eigenvalue weighted by atomic mass is 10.1. The van der Waals surface area contributed by atoms with Gasteiger partial charge in [-0.15, -0.1) is 0 Å². The van der Waals surface area contributed by atoms with Crippen molar-refractivity contribution in [3.05, 3.63) is 60.8 Å². The van der Waals surface area contributed by atoms with Crippen LogP contribution in [0.3, 0.4) is 0 Å². The van der Waals surface area contributed by atoms with Crippen molar-refractivity contribution in [3.63, 3.8) is 0 Å². The smallest absolute Gasteiger partial charge is 0.306 e. The van der Waals surface area contributed by atoms with Crippen molar-refractivity contribution in [2.24, 2.45) is 0 Å². The Labute approximate surface area is 381 Å². The fourth-order valence-electron chi connectivity index (χ4n) is 7.23. The van der Waals surface area contributed by atoms with E-state index in [4.69, 9.17) is 14.2 Å². The number of carboxylic acid groups (broad SMARTS) is 1. The monoisotopic (exact) mass is 870 g/mol. The molecule has 0 rings (SSSR count). The second-order valence-corrected chi connectivity index (χ2v) is 18.0. The van der Waals surface area contributed by atoms with E-state index in [1.165, 1.54) is 109 Å². The van der Waals surface area contributed by atoms with Gasteiger partial charge in [-0.05, 0) is 77.0 Å². The maximum atomic E-state index is 12.8. The molecule has 0 aromatic rings. The van der Waals surface area contributed by atoms with Crippen molar-refractivity contribution >= 4 is 17.9 Å². The van der Waals surface area contributed by atoms with Crippen molar-refractivity contribution in [1.82, 2.24) is 0 Å². The number of allylic oxidation sites excluding steroid dienone is 10. The molecule has 0 bridgehead atoms. The Morgan fingerprint density at radius 1 is 0.500 bits per heavy atom. The summed E-state index contributed by atoms with van der Waals surface area (Å²) >= 11 is 0. The summed E-state index contributed by atoms with van der Waals surface area (Å²) in [6.07, 6.45) is 55.3. The molecule has 0 amide bonds. The van der Waals surface area contributed by atoms with Gasteiger partial charge >= 0.3 is 11.9 Å². The van der Waals surface area contributed by atoms with Crippen LogP contribution in [0.15, 0.2) is 60.8 Å². The first kappa shape index (κ1) is 59.0. The number of hydrogen-bond acceptors (Lipinski definition) is 7. The van der Waals surface area contributed by atoms with E-state index < -0.39 is 18.1 Å². The molecule has 0 aromatic carbocycles. The first-order chi connectivity index (χ1) is 30.1. The second kappa shape index (κ2) is 44.6. The van der Waals surface area contributed by atoms with Crippen LogP contribution >= 0.6 is 0 Å². The minimum Gasteiger partial charge on any atom is -0.544 e. The fraction of sp³-hybridized carbons (Fsp3) is 0.759. The van der Waals surface area contributed by atoms with E-state index in [-0.39, 0.29) is 42.7 Å². The molecule has 8 heteroatoms. The Morgan fingerprint density at radius 3 is 1.35 bits per heavy atom. The first-order valence-electron chi connectivity index (χ1n) is 25.3. The SMILES string of the molecule is CC/C=C\C/C=C\C/C=C\C/C=C\CCCCCCCCCCC(=O)OC(COCCC(C(=O)[O-])[N+](C)(C)C)COC(=O)CCCCCCCCC/C=C\CCCCCCCC. The molecule has 358 valence electrons. The highest BCUT2D eigenvalue weighted by atomic mass is 16.6. The average molecular weight is 870 g/mol. The van der Waals surface area contributed by atoms with Crippen LogP contribution < -0.4 is 5.11 Å². The quantitative estimate of drug-likeness (QED) is 0.0260. The van der Waals surface area contributed by atoms with Crippen molar-refractivity contribution in [2.45, 2.75) is 225 Å². The Hall–Kier alpha value is -2.97. The molecule has 0 N–H and O–H groups in total. The number of carbonyl (C=O) groups excluding carboxylic acids is 3. The number of carbonyl (C=O) groups is 3. The van der Waals surface area contributed by atoms with Crippen molar-refractivity contribution in [3.8, 4) is 0 Å². The number of unbranched alkanes of at least 4 members (excludes halogenated alkanes) is 21. The minimum atomic E-state index is -1.13. The number of aliphatic carboxylic acids is 1. The molecule has 0 fully saturated rings. The number of nitrogens with zero attached hydrogens (tertiary/aromatic N) is 1. The average Bonchev–Trinajstić information content (AvgIpc) is 3.23. The number of hydrogen-bond donors (Lipinski definition) is 0. The van der Waals surface area contributed by atoms with Gasteiger partial charge in [-0.25, -0.2) is 0 Å². The molecule has 0 saturated carbocycles. The predicted octanol–water partition coefficient (Wildman–Crippen LogP) is 13.2. The van der Waals surface area contributed by atoms with Crippen LogP contribution in [-0.2, 0) is 28.6 Å². The van der Waals surface area contributed by atoms with E-state index in [0.29, 0.717) is 12.8 Å². The van der Waals surface area contributed by atoms with Gasteiger partial charge < -0.3 is 28.6 Å². The van der Waals surface area contributed by atoms with E-state index in [0.717, 1.165) is 70.6 Å². The molecule has 2 atom stereocenters. The first-order valence-corrected chi connectivity index (χ1v) is 25.3. The summed E-state index contributed by atoms with van der Waals surface area (Å²) in [4.78, 5) is 37.0. The van der Waals surface area contributed by atoms with Crippen LogP contribution in [0.5, 0.6) is 0 Å². The highest BCUT2D eigenvalue weighted by Gasteiger charge is 2.25. The van der Waals surface area contributed by atoms with Gasteiger partial charge in [0, 0.05) is 19.3 Å². The van der Waals surface area contributed by atoms with Gasteiger partial charge in [-0.2, -0.15) is 0 Å². The molecule has 0 spiro atoms. The molecule has 0 aliphatic carbocycles. The van der Waals surface area contributed by atoms with E-state index in [1.807, 2.05) is 0 Å². The van der Waals surface area contributed by atoms with Crippen LogP contribution in [0.1, 0.15) is 213 Å². The number of ether oxygens (including phenoxy) is 3. The molecule has 0 saturated heterocycles. The van der Waals surface area contributed by atoms with Crippen molar-refractivity contribution < 1.29 is 38.2 Å². The lowest BCUT2D eigenvalue weighted by molar-refractivity contribution is -0.889. The summed E-state index contributed by atoms with van der Waals surface area (Å²) < 4.78 is 17.2. The largest absolute Gasteiger partial charge is 0.544 e. The van der Waals surface area contributed by atoms with Gasteiger partial charge in [-0.3, -0.25) is 9.59 Å². The third kappa shape index (κ3) is 42.3. The molecule has 8 nitrogen and oxygen atoms in total. The Balaban J connectivity index is 4.28. The number of carboxylic acids is 1. The molecule has 0 aromatic heterocycles. The van der Waals surface area contributed by atoms with Crippen LogP contribution in [-0.4, -0.2) is 75.5 Å². The number of quaternary nitrogens is 1. The van der Waals surface area contributed by atoms with E-state index in [9.17, 15) is 19.5 Å². The zero-order valence-electron chi connectivity index (χ0n) is 40.8. The van der Waals surface area contributed by atoms with Crippen molar-refractivity contribution in [2.75, 3.05) is 41.0 Å². The van der Waals surface area contributed by atoms with Crippen LogP contribution in [0.25, 0.3) is 0 Å². The van der Waals surface area contributed by atoms with E-state index in [1.54, 1.807) is 21.1 Å². The molecular formula is C54H95NO7. The zero-order chi connectivity index (χ0) is 45.6. The summed E-state index contributed by atoms with van der Waals surface area (Å²) in [7, 11) is 5.41. The molecule has 0 aliphatic rings. The normalized spacial score (nSPS) is 13.4. The molecule has 0 radical (unpaired) electrons. The second-order valence-electron chi connectivity index (χ2n) is 18.0. The van der Waals surface area contributed by atoms with Gasteiger partial charge in [0.25, 0.3) is 0 Å². The van der Waals surface area contributed by atoms with Gasteiger partial charge in [-0.1, -0.05) is 177 Å². The summed E-state index contributed by atoms with van der Waals surface area (Å²) in [6, 6.07) is -0.730. The molecule has 62 heavy (non-hydrogen) atoms. The lowest BCUT2D eigenvalue weighted by Gasteiger charge is -2.34. The van der Waals surface area contributed by atoms with E-state index in [2.05, 4.69) is 74.6 Å². The highest BCUT2D eigenvalue weighted by molar-refractivity contribution is 5.70. The van der Waals surface area contributed by atoms with E-state index >= 15 is 0 Å². The number of likely N-dealkylation sites (N-methyl/N-ethyl adjacent to an activating group) is 1. The van der Waals surface area contributed by atoms with Crippen LogP contribution in [0.4, 0.5) is 0 Å². The molecule has 0 aliphatic heterocycles. The molecule has 2 unspecified atom stereocenters. The summed E-state index contributed by atoms with van der Waals surface area (Å²) in [5.74, 6) is -1.75. The van der Waals surface area contributed by atoms with Crippen molar-refractivity contribution in [1.29, 1.82) is 0 Å². The standard InChI is InChI=1S/C54H95NO7/c1-6-8-10-12-14-16-18-20-22-24-25-26-27-29-31-33-35-37-39-41-43-45-53(57)62-50(48-60-47-46-51(54(58)59)55(3,4)5)49-61-52(56)44-42-40-38-36-34-32-30-28-23-21-19-17-15-13-11-9-7-2/h8,10,14,16,20-23,25-26,50-51H,6-7,9,11-13,15,17-19,24,27-49H2,1-5H3/b10-8-,16-14-,22-20-,23-21-,26-25-. The van der Waals surface area contributed by atoms with Crippen LogP contribution in [0, 0.1) is 0 Å². The molecule has 0 heterocycles. The van der Waals surface area contributed by atoms with Gasteiger partial charge in [0.1, 0.15) is 12.6 Å². The maximum absolute atomic E-state index is 12.8. The van der Waals surface area contributed by atoms with Gasteiger partial charge in [0.2, 0.25) is 0 Å². The van der Waals surface area contributed by atoms with Gasteiger partial charge in [0.05, 0.1) is 40.3 Å². The number of esters is 2. The minimum absolute atomic E-state index is 0.0349. The third-order valence-corrected chi connectivity index (χ3v) is 11.1. The molecular weight excluding hydrogens is 775 g/mol. The Kier molecular flexibility index (Phi) is 42.5. The summed E-state index contributed by atoms with van der Waals surface area (Å²) in [6.45, 7) is 4.55. The summed E-state index contributed by atoms with van der Waals surface area (Å²) in [5.41, 5.74) is 0. The lowest BCUT2D eigenvalue weighted by Crippen LogP contribution is -2.55. The summed E-state index contributed by atoms with van der Waals surface area (Å²) in [5, 5.41) is 11.7. The highest BCUT2D eigenvalue weighted by Crippen LogP contribution is 2.15. The third-order valence-electron chi connectivity index (χ3n) is 11.1. The Morgan fingerprint density at radius 2 is 0.903 bits per heavy atom.